The first kappa shape index (κ1) is 18.9. The zero-order valence-electron chi connectivity index (χ0n) is 16.1. The van der Waals surface area contributed by atoms with Crippen molar-refractivity contribution in [3.05, 3.63) is 42.5 Å². The maximum absolute atomic E-state index is 12.8. The normalized spacial score (nSPS) is 17.6. The summed E-state index contributed by atoms with van der Waals surface area (Å²) in [6, 6.07) is 11.6. The highest BCUT2D eigenvalue weighted by atomic mass is 16.6. The molecule has 2 heterocycles. The van der Waals surface area contributed by atoms with E-state index in [1.807, 2.05) is 12.1 Å². The van der Waals surface area contributed by atoms with Crippen molar-refractivity contribution in [2.24, 2.45) is 0 Å². The fourth-order valence-corrected chi connectivity index (χ4v) is 3.56. The largest absolute Gasteiger partial charge is 0.495 e. The van der Waals surface area contributed by atoms with Crippen molar-refractivity contribution in [3.63, 3.8) is 0 Å². The van der Waals surface area contributed by atoms with Crippen molar-refractivity contribution in [2.75, 3.05) is 37.5 Å². The number of rotatable bonds is 4. The van der Waals surface area contributed by atoms with E-state index in [2.05, 4.69) is 10.6 Å². The van der Waals surface area contributed by atoms with Gasteiger partial charge in [0.1, 0.15) is 25.0 Å². The number of ether oxygens (including phenoxy) is 3. The molecule has 3 amide bonds. The topological polar surface area (TPSA) is 89.1 Å². The second kappa shape index (κ2) is 8.30. The fraction of sp³-hybridized carbons (Fsp3) is 0.333. The van der Waals surface area contributed by atoms with Crippen LogP contribution in [0.2, 0.25) is 0 Å². The van der Waals surface area contributed by atoms with Crippen molar-refractivity contribution in [1.82, 2.24) is 4.90 Å². The lowest BCUT2D eigenvalue weighted by molar-refractivity contribution is -0.119. The molecule has 1 fully saturated rings. The van der Waals surface area contributed by atoms with Crippen LogP contribution in [-0.2, 0) is 4.79 Å². The van der Waals surface area contributed by atoms with Crippen molar-refractivity contribution in [3.8, 4) is 17.2 Å². The zero-order valence-corrected chi connectivity index (χ0v) is 16.1. The zero-order chi connectivity index (χ0) is 20.2. The second-order valence-corrected chi connectivity index (χ2v) is 6.83. The van der Waals surface area contributed by atoms with Gasteiger partial charge in [0.15, 0.2) is 11.5 Å². The number of fused-ring (bicyclic) bond motifs is 1. The van der Waals surface area contributed by atoms with Crippen LogP contribution in [0, 0.1) is 0 Å². The van der Waals surface area contributed by atoms with Gasteiger partial charge in [-0.15, -0.1) is 0 Å². The summed E-state index contributed by atoms with van der Waals surface area (Å²) in [6.07, 6.45) is 1.37. The number of hydrogen-bond donors (Lipinski definition) is 2. The van der Waals surface area contributed by atoms with Gasteiger partial charge in [0, 0.05) is 18.3 Å². The van der Waals surface area contributed by atoms with Gasteiger partial charge in [-0.2, -0.15) is 0 Å². The number of carbonyl (C=O) groups is 2. The van der Waals surface area contributed by atoms with Gasteiger partial charge in [0.2, 0.25) is 5.91 Å². The van der Waals surface area contributed by atoms with Gasteiger partial charge in [-0.05, 0) is 37.1 Å². The Balaban J connectivity index is 1.43. The Hall–Kier alpha value is -3.42. The third-order valence-corrected chi connectivity index (χ3v) is 4.97. The van der Waals surface area contributed by atoms with Gasteiger partial charge in [-0.3, -0.25) is 4.79 Å². The van der Waals surface area contributed by atoms with E-state index in [0.29, 0.717) is 54.8 Å². The van der Waals surface area contributed by atoms with E-state index in [1.54, 1.807) is 42.3 Å². The molecule has 8 nitrogen and oxygen atoms in total. The Morgan fingerprint density at radius 3 is 2.69 bits per heavy atom. The fourth-order valence-electron chi connectivity index (χ4n) is 3.56. The first-order valence-electron chi connectivity index (χ1n) is 9.57. The van der Waals surface area contributed by atoms with Crippen LogP contribution in [0.15, 0.2) is 42.5 Å². The molecule has 2 aliphatic heterocycles. The molecule has 0 bridgehead atoms. The van der Waals surface area contributed by atoms with E-state index < -0.39 is 6.04 Å². The first-order valence-corrected chi connectivity index (χ1v) is 9.57. The average Bonchev–Trinajstić information content (AvgIpc) is 3.24. The summed E-state index contributed by atoms with van der Waals surface area (Å²) in [4.78, 5) is 27.2. The molecule has 29 heavy (non-hydrogen) atoms. The molecular weight excluding hydrogens is 374 g/mol. The minimum absolute atomic E-state index is 0.227. The lowest BCUT2D eigenvalue weighted by Gasteiger charge is -2.25. The van der Waals surface area contributed by atoms with Crippen LogP contribution in [0.3, 0.4) is 0 Å². The molecule has 2 N–H and O–H groups in total. The summed E-state index contributed by atoms with van der Waals surface area (Å²) in [6.45, 7) is 1.50. The average molecular weight is 397 g/mol. The van der Waals surface area contributed by atoms with E-state index in [-0.39, 0.29) is 11.9 Å². The lowest BCUT2D eigenvalue weighted by atomic mass is 10.2. The SMILES string of the molecule is COc1ccccc1NC(=O)N1CCC[C@@H]1C(=O)Nc1ccc2c(c1)OCCO2. The number of urea groups is 1. The van der Waals surface area contributed by atoms with Gasteiger partial charge in [0.05, 0.1) is 12.8 Å². The third-order valence-electron chi connectivity index (χ3n) is 4.97. The molecule has 0 saturated carbocycles. The van der Waals surface area contributed by atoms with Crippen molar-refractivity contribution >= 4 is 23.3 Å². The minimum atomic E-state index is -0.544. The summed E-state index contributed by atoms with van der Waals surface area (Å²) in [7, 11) is 1.55. The van der Waals surface area contributed by atoms with Crippen LogP contribution in [-0.4, -0.2) is 49.7 Å². The van der Waals surface area contributed by atoms with Gasteiger partial charge in [-0.1, -0.05) is 12.1 Å². The van der Waals surface area contributed by atoms with Crippen LogP contribution in [0.5, 0.6) is 17.2 Å². The Bertz CT molecular complexity index is 917. The van der Waals surface area contributed by atoms with Crippen molar-refractivity contribution in [1.29, 1.82) is 0 Å². The molecule has 0 aliphatic carbocycles. The highest BCUT2D eigenvalue weighted by molar-refractivity contribution is 6.00. The second-order valence-electron chi connectivity index (χ2n) is 6.83. The Morgan fingerprint density at radius 2 is 1.86 bits per heavy atom. The smallest absolute Gasteiger partial charge is 0.322 e. The number of carbonyl (C=O) groups excluding carboxylic acids is 2. The first-order chi connectivity index (χ1) is 14.2. The predicted octanol–water partition coefficient (Wildman–Crippen LogP) is 3.10. The molecule has 0 unspecified atom stereocenters. The molecule has 1 saturated heterocycles. The molecular formula is C21H23N3O5. The monoisotopic (exact) mass is 397 g/mol. The van der Waals surface area contributed by atoms with E-state index in [9.17, 15) is 9.59 Å². The number of anilines is 2. The van der Waals surface area contributed by atoms with E-state index in [4.69, 9.17) is 14.2 Å². The Kier molecular flexibility index (Phi) is 5.41. The molecule has 152 valence electrons. The molecule has 2 aromatic rings. The van der Waals surface area contributed by atoms with Gasteiger partial charge in [0.25, 0.3) is 0 Å². The summed E-state index contributed by atoms with van der Waals surface area (Å²) in [5.74, 6) is 1.60. The van der Waals surface area contributed by atoms with Gasteiger partial charge in [-0.25, -0.2) is 4.79 Å². The number of hydrogen-bond acceptors (Lipinski definition) is 5. The Morgan fingerprint density at radius 1 is 1.07 bits per heavy atom. The van der Waals surface area contributed by atoms with Gasteiger partial charge >= 0.3 is 6.03 Å². The van der Waals surface area contributed by atoms with Crippen LogP contribution < -0.4 is 24.8 Å². The molecule has 2 aromatic carbocycles. The number of methoxy groups -OCH3 is 1. The summed E-state index contributed by atoms with van der Waals surface area (Å²) in [5, 5.41) is 5.72. The molecule has 0 spiro atoms. The van der Waals surface area contributed by atoms with Crippen LogP contribution >= 0.6 is 0 Å². The van der Waals surface area contributed by atoms with Crippen LogP contribution in [0.4, 0.5) is 16.2 Å². The number of benzene rings is 2. The van der Waals surface area contributed by atoms with Crippen LogP contribution in [0.25, 0.3) is 0 Å². The van der Waals surface area contributed by atoms with Crippen LogP contribution in [0.1, 0.15) is 12.8 Å². The maximum Gasteiger partial charge on any atom is 0.322 e. The highest BCUT2D eigenvalue weighted by Gasteiger charge is 2.34. The standard InChI is InChI=1S/C21H23N3O5/c1-27-17-7-3-2-5-15(17)23-21(26)24-10-4-6-16(24)20(25)22-14-8-9-18-19(13-14)29-12-11-28-18/h2-3,5,7-9,13,16H,4,6,10-12H2,1H3,(H,22,25)(H,23,26)/t16-/m1/s1. The van der Waals surface area contributed by atoms with Crippen molar-refractivity contribution < 1.29 is 23.8 Å². The molecule has 2 aliphatic rings. The number of amides is 3. The lowest BCUT2D eigenvalue weighted by Crippen LogP contribution is -2.45. The quantitative estimate of drug-likeness (QED) is 0.828. The predicted molar refractivity (Wildman–Crippen MR) is 108 cm³/mol. The maximum atomic E-state index is 12.8. The minimum Gasteiger partial charge on any atom is -0.495 e. The highest BCUT2D eigenvalue weighted by Crippen LogP contribution is 2.33. The molecule has 0 radical (unpaired) electrons. The molecule has 1 atom stereocenters. The van der Waals surface area contributed by atoms with E-state index in [0.717, 1.165) is 6.42 Å². The van der Waals surface area contributed by atoms with Gasteiger partial charge < -0.3 is 29.7 Å². The third kappa shape index (κ3) is 4.06. The number of para-hydroxylation sites is 2. The van der Waals surface area contributed by atoms with Crippen molar-refractivity contribution in [2.45, 2.75) is 18.9 Å². The van der Waals surface area contributed by atoms with E-state index in [1.165, 1.54) is 0 Å². The summed E-state index contributed by atoms with van der Waals surface area (Å²) < 4.78 is 16.3. The molecule has 4 rings (SSSR count). The molecule has 0 aromatic heterocycles. The summed E-state index contributed by atoms with van der Waals surface area (Å²) >= 11 is 0. The Labute approximate surface area is 168 Å². The number of likely N-dealkylation sites (tertiary alicyclic amines) is 1. The number of nitrogens with zero attached hydrogens (tertiary/aromatic N) is 1. The molecule has 8 heteroatoms. The van der Waals surface area contributed by atoms with E-state index >= 15 is 0 Å². The summed E-state index contributed by atoms with van der Waals surface area (Å²) in [5.41, 5.74) is 1.18. The number of nitrogens with one attached hydrogen (secondary N) is 2.